The normalized spacial score (nSPS) is 17.6. The summed E-state index contributed by atoms with van der Waals surface area (Å²) in [6.07, 6.45) is 7.49. The van der Waals surface area contributed by atoms with E-state index in [1.54, 1.807) is 28.9 Å². The van der Waals surface area contributed by atoms with E-state index < -0.39 is 29.8 Å². The first-order valence-electron chi connectivity index (χ1n) is 31.9. The standard InChI is InChI=1S/C42H48N6O4.C31H36ClN5O3/c1-7-48-36-16-15-35(28(3)40(36)44-45-48)39(29(4)37(49)24-47-34(25-51-41(47)50)19-30-11-9-8-10-12-30)31-14-13-27(2)32(20-31)22-46-23-33-21-43-18-17-38(33)52-42(5,6)26-46;1-7-37-29-25(32)13-24(19(3)28(29)34-35-37)27(20(4)30(38)39)21-9-8-18(2)22(12-21)15-36-16-23-14-33-11-10-26(23)40-31(5,6)17-36/h8-18,20-21,29,34,39H,7,19,22-26H2,1-6H3;8-14,20,27H,7,15-17H2,1-6H3,(H,38,39)/t29-,34-,39-;20-,27+/m01/s1. The van der Waals surface area contributed by atoms with Gasteiger partial charge in [0.25, 0.3) is 0 Å². The minimum absolute atomic E-state index is 0.0173. The number of rotatable bonds is 18. The molecule has 0 saturated carbocycles. The number of ether oxygens (including phenoxy) is 3. The lowest BCUT2D eigenvalue weighted by Gasteiger charge is -2.31. The van der Waals surface area contributed by atoms with Crippen LogP contribution in [0.2, 0.25) is 5.02 Å². The molecule has 480 valence electrons. The molecule has 9 aromatic rings. The highest BCUT2D eigenvalue weighted by Crippen LogP contribution is 2.42. The molecule has 19 heteroatoms. The summed E-state index contributed by atoms with van der Waals surface area (Å²) in [4.78, 5) is 54.9. The summed E-state index contributed by atoms with van der Waals surface area (Å²) in [5, 5.41) is 28.3. The predicted molar refractivity (Wildman–Crippen MR) is 356 cm³/mol. The van der Waals surface area contributed by atoms with Crippen LogP contribution in [0.4, 0.5) is 4.79 Å². The number of benzene rings is 5. The predicted octanol–water partition coefficient (Wildman–Crippen LogP) is 13.2. The van der Waals surface area contributed by atoms with Crippen molar-refractivity contribution in [3.05, 3.63) is 199 Å². The number of Topliss-reactive ketones (excluding diaryl/α,β-unsaturated/α-hetero) is 1. The van der Waals surface area contributed by atoms with Gasteiger partial charge in [-0.15, -0.1) is 10.2 Å². The number of fused-ring (bicyclic) bond motifs is 4. The number of aryl methyl sites for hydroxylation is 6. The van der Waals surface area contributed by atoms with Gasteiger partial charge in [-0.3, -0.25) is 34.3 Å². The molecule has 0 bridgehead atoms. The second-order valence-electron chi connectivity index (χ2n) is 26.5. The van der Waals surface area contributed by atoms with Crippen LogP contribution in [0.25, 0.3) is 22.1 Å². The van der Waals surface area contributed by atoms with Gasteiger partial charge in [0, 0.05) is 106 Å². The van der Waals surface area contributed by atoms with E-state index in [2.05, 4.69) is 138 Å². The van der Waals surface area contributed by atoms with Gasteiger partial charge in [-0.2, -0.15) is 0 Å². The molecule has 0 spiro atoms. The summed E-state index contributed by atoms with van der Waals surface area (Å²) in [6.45, 7) is 30.4. The molecule has 0 aliphatic carbocycles. The molecule has 1 fully saturated rings. The number of carboxylic acid groups (broad SMARTS) is 1. The number of hydrogen-bond acceptors (Lipinski definition) is 14. The summed E-state index contributed by atoms with van der Waals surface area (Å²) in [7, 11) is 0. The summed E-state index contributed by atoms with van der Waals surface area (Å²) in [6, 6.07) is 32.6. The topological polar surface area (TPSA) is 196 Å². The van der Waals surface area contributed by atoms with E-state index in [9.17, 15) is 19.5 Å². The Balaban J connectivity index is 0.000000195. The Hall–Kier alpha value is -8.58. The SMILES string of the molecule is CCn1nnc2c(C)c([C@H](c3ccc(C)c(CN4Cc5cnccc5OC(C)(C)C4)c3)[C@@H](C)C(=O)CN3C(=O)OC[C@@H]3Cc3ccccc3)ccc21.CCn1nnc2c(C)c([C@H](c3ccc(C)c(CN4Cc5cnccc5OC(C)(C)C4)c3)[C@@H](C)C(=O)O)cc(Cl)c21. The molecule has 5 aromatic carbocycles. The summed E-state index contributed by atoms with van der Waals surface area (Å²) >= 11 is 6.77. The first-order chi connectivity index (χ1) is 44.0. The number of nitrogens with zero attached hydrogens (tertiary/aromatic N) is 11. The van der Waals surface area contributed by atoms with Gasteiger partial charge in [0.2, 0.25) is 0 Å². The third-order valence-electron chi connectivity index (χ3n) is 18.6. The van der Waals surface area contributed by atoms with Gasteiger partial charge in [0.05, 0.1) is 29.0 Å². The highest BCUT2D eigenvalue weighted by Gasteiger charge is 2.39. The van der Waals surface area contributed by atoms with Crippen LogP contribution in [-0.4, -0.2) is 121 Å². The van der Waals surface area contributed by atoms with Gasteiger partial charge in [-0.05, 0) is 161 Å². The fraction of sp³-hybridized carbons (Fsp3) is 0.411. The van der Waals surface area contributed by atoms with Crippen LogP contribution in [-0.2, 0) is 60.0 Å². The number of halogens is 1. The van der Waals surface area contributed by atoms with Crippen LogP contribution in [0.15, 0.2) is 122 Å². The number of aromatic nitrogens is 8. The molecule has 1 amide bonds. The van der Waals surface area contributed by atoms with Crippen molar-refractivity contribution in [1.82, 2.24) is 54.7 Å². The average molecular weight is 1260 g/mol. The Morgan fingerprint density at radius 1 is 0.674 bits per heavy atom. The van der Waals surface area contributed by atoms with Crippen molar-refractivity contribution in [2.24, 2.45) is 11.8 Å². The van der Waals surface area contributed by atoms with Crippen LogP contribution < -0.4 is 9.47 Å². The maximum Gasteiger partial charge on any atom is 0.410 e. The fourth-order valence-corrected chi connectivity index (χ4v) is 14.1. The number of hydrogen-bond donors (Lipinski definition) is 1. The highest BCUT2D eigenvalue weighted by molar-refractivity contribution is 6.35. The zero-order chi connectivity index (χ0) is 65.3. The molecule has 0 radical (unpaired) electrons. The van der Waals surface area contributed by atoms with Crippen molar-refractivity contribution in [2.45, 2.75) is 158 Å². The highest BCUT2D eigenvalue weighted by atomic mass is 35.5. The van der Waals surface area contributed by atoms with Crippen molar-refractivity contribution in [1.29, 1.82) is 0 Å². The van der Waals surface area contributed by atoms with Gasteiger partial charge < -0.3 is 19.3 Å². The van der Waals surface area contributed by atoms with Crippen molar-refractivity contribution < 1.29 is 33.7 Å². The lowest BCUT2D eigenvalue weighted by molar-refractivity contribution is -0.141. The van der Waals surface area contributed by atoms with Crippen LogP contribution in [0.5, 0.6) is 11.5 Å². The smallest absolute Gasteiger partial charge is 0.410 e. The maximum atomic E-state index is 14.4. The number of carboxylic acids is 1. The molecule has 7 heterocycles. The summed E-state index contributed by atoms with van der Waals surface area (Å²) in [5.41, 5.74) is 16.2. The van der Waals surface area contributed by atoms with E-state index >= 15 is 0 Å². The zero-order valence-corrected chi connectivity index (χ0v) is 55.7. The lowest BCUT2D eigenvalue weighted by Crippen LogP contribution is -2.41. The van der Waals surface area contributed by atoms with Gasteiger partial charge in [0.15, 0.2) is 5.78 Å². The molecule has 18 nitrogen and oxygen atoms in total. The summed E-state index contributed by atoms with van der Waals surface area (Å²) in [5.74, 6) is -0.992. The number of ketones is 1. The van der Waals surface area contributed by atoms with Gasteiger partial charge >= 0.3 is 12.1 Å². The molecule has 5 atom stereocenters. The van der Waals surface area contributed by atoms with Crippen LogP contribution in [0, 0.1) is 39.5 Å². The Morgan fingerprint density at radius 3 is 1.78 bits per heavy atom. The first-order valence-corrected chi connectivity index (χ1v) is 32.3. The van der Waals surface area contributed by atoms with Gasteiger partial charge in [-0.25, -0.2) is 14.2 Å². The van der Waals surface area contributed by atoms with Crippen molar-refractivity contribution >= 4 is 51.5 Å². The van der Waals surface area contributed by atoms with E-state index in [4.69, 9.17) is 25.8 Å². The largest absolute Gasteiger partial charge is 0.486 e. The van der Waals surface area contributed by atoms with E-state index in [0.29, 0.717) is 56.2 Å². The average Bonchev–Trinajstić information content (AvgIpc) is 1.36. The van der Waals surface area contributed by atoms with E-state index in [1.165, 1.54) is 11.1 Å². The van der Waals surface area contributed by atoms with E-state index in [-0.39, 0.29) is 42.1 Å². The molecule has 12 rings (SSSR count). The maximum absolute atomic E-state index is 14.4. The van der Waals surface area contributed by atoms with Crippen molar-refractivity contribution in [3.8, 4) is 11.5 Å². The molecule has 0 unspecified atom stereocenters. The first kappa shape index (κ1) is 64.9. The minimum atomic E-state index is -0.865. The number of carbonyl (C=O) groups excluding carboxylic acids is 2. The molecule has 3 aliphatic rings. The lowest BCUT2D eigenvalue weighted by atomic mass is 9.77. The van der Waals surface area contributed by atoms with E-state index in [0.717, 1.165) is 102 Å². The van der Waals surface area contributed by atoms with E-state index in [1.807, 2.05) is 92.4 Å². The molecule has 92 heavy (non-hydrogen) atoms. The second kappa shape index (κ2) is 26.9. The third kappa shape index (κ3) is 13.8. The Morgan fingerprint density at radius 2 is 1.22 bits per heavy atom. The second-order valence-corrected chi connectivity index (χ2v) is 26.9. The minimum Gasteiger partial charge on any atom is -0.486 e. The zero-order valence-electron chi connectivity index (χ0n) is 54.9. The molecule has 1 N–H and O–H groups in total. The molecule has 3 aliphatic heterocycles. The quantitative estimate of drug-likeness (QED) is 0.0851. The van der Waals surface area contributed by atoms with Crippen molar-refractivity contribution in [3.63, 3.8) is 0 Å². The molecule has 4 aromatic heterocycles. The Kier molecular flexibility index (Phi) is 19.0. The number of amides is 1. The van der Waals surface area contributed by atoms with Crippen molar-refractivity contribution in [2.75, 3.05) is 26.2 Å². The van der Waals surface area contributed by atoms with Crippen LogP contribution in [0.3, 0.4) is 0 Å². The molecule has 1 saturated heterocycles. The molecular weight excluding hydrogens is 1180 g/mol. The third-order valence-corrected chi connectivity index (χ3v) is 18.9. The number of aliphatic carboxylic acids is 1. The Labute approximate surface area is 543 Å². The van der Waals surface area contributed by atoms with Gasteiger partial charge in [0.1, 0.15) is 45.9 Å². The fourth-order valence-electron chi connectivity index (χ4n) is 13.8. The Bertz CT molecular complexity index is 4200. The number of pyridine rings is 2. The molecular formula is C73H84ClN11O7. The van der Waals surface area contributed by atoms with Crippen LogP contribution in [0.1, 0.15) is 140 Å². The summed E-state index contributed by atoms with van der Waals surface area (Å²) < 4.78 is 21.9. The number of carbonyl (C=O) groups is 3. The van der Waals surface area contributed by atoms with Crippen LogP contribution >= 0.6 is 11.6 Å². The number of cyclic esters (lactones) is 1. The van der Waals surface area contributed by atoms with Gasteiger partial charge in [-0.1, -0.05) is 109 Å². The monoisotopic (exact) mass is 1260 g/mol.